The molecule has 0 N–H and O–H groups in total. The first-order chi connectivity index (χ1) is 13.1. The first kappa shape index (κ1) is 19.2. The van der Waals surface area contributed by atoms with Gasteiger partial charge in [0.1, 0.15) is 0 Å². The van der Waals surface area contributed by atoms with Crippen molar-refractivity contribution in [3.05, 3.63) is 46.2 Å². The van der Waals surface area contributed by atoms with Crippen molar-refractivity contribution in [1.82, 2.24) is 9.80 Å². The molecule has 0 saturated carbocycles. The van der Waals surface area contributed by atoms with Crippen LogP contribution in [0.1, 0.15) is 21.7 Å². The van der Waals surface area contributed by atoms with Gasteiger partial charge in [0, 0.05) is 36.6 Å². The fourth-order valence-electron chi connectivity index (χ4n) is 3.20. The number of ether oxygens (including phenoxy) is 2. The second kappa shape index (κ2) is 8.90. The van der Waals surface area contributed by atoms with Gasteiger partial charge in [0.25, 0.3) is 5.91 Å². The third kappa shape index (κ3) is 4.60. The summed E-state index contributed by atoms with van der Waals surface area (Å²) in [5, 5.41) is 1.98. The zero-order valence-electron chi connectivity index (χ0n) is 15.6. The van der Waals surface area contributed by atoms with Gasteiger partial charge in [-0.1, -0.05) is 6.07 Å². The van der Waals surface area contributed by atoms with Crippen LogP contribution in [0.2, 0.25) is 0 Å². The highest BCUT2D eigenvalue weighted by Crippen LogP contribution is 2.28. The van der Waals surface area contributed by atoms with Crippen LogP contribution >= 0.6 is 11.3 Å². The van der Waals surface area contributed by atoms with Crippen LogP contribution in [-0.4, -0.2) is 62.0 Å². The van der Waals surface area contributed by atoms with E-state index in [9.17, 15) is 9.59 Å². The molecular weight excluding hydrogens is 364 g/mol. The van der Waals surface area contributed by atoms with E-state index in [1.807, 2.05) is 22.4 Å². The number of thiophene rings is 1. The summed E-state index contributed by atoms with van der Waals surface area (Å²) in [4.78, 5) is 30.1. The Morgan fingerprint density at radius 1 is 1.00 bits per heavy atom. The van der Waals surface area contributed by atoms with Gasteiger partial charge in [-0.25, -0.2) is 0 Å². The zero-order chi connectivity index (χ0) is 19.2. The molecule has 6 nitrogen and oxygen atoms in total. The van der Waals surface area contributed by atoms with E-state index in [1.165, 1.54) is 0 Å². The van der Waals surface area contributed by atoms with E-state index < -0.39 is 0 Å². The molecule has 0 aliphatic carbocycles. The lowest BCUT2D eigenvalue weighted by Crippen LogP contribution is -2.37. The normalized spacial score (nSPS) is 14.6. The molecule has 0 spiro atoms. The van der Waals surface area contributed by atoms with E-state index >= 15 is 0 Å². The van der Waals surface area contributed by atoms with E-state index in [2.05, 4.69) is 0 Å². The minimum atomic E-state index is -0.0523. The highest BCUT2D eigenvalue weighted by Gasteiger charge is 2.23. The lowest BCUT2D eigenvalue weighted by Gasteiger charge is -2.22. The second-order valence-corrected chi connectivity index (χ2v) is 7.38. The van der Waals surface area contributed by atoms with E-state index in [0.29, 0.717) is 49.7 Å². The van der Waals surface area contributed by atoms with Gasteiger partial charge >= 0.3 is 0 Å². The molecule has 1 aromatic carbocycles. The van der Waals surface area contributed by atoms with Gasteiger partial charge in [0.05, 0.1) is 20.6 Å². The number of rotatable bonds is 5. The fourth-order valence-corrected chi connectivity index (χ4v) is 3.89. The molecule has 2 amide bonds. The summed E-state index contributed by atoms with van der Waals surface area (Å²) in [6.45, 7) is 2.41. The van der Waals surface area contributed by atoms with Crippen LogP contribution < -0.4 is 9.47 Å². The Morgan fingerprint density at radius 2 is 1.74 bits per heavy atom. The van der Waals surface area contributed by atoms with E-state index in [1.54, 1.807) is 48.7 Å². The molecule has 7 heteroatoms. The monoisotopic (exact) mass is 388 g/mol. The van der Waals surface area contributed by atoms with Crippen molar-refractivity contribution in [2.75, 3.05) is 40.4 Å². The number of carbonyl (C=O) groups excluding carboxylic acids is 2. The van der Waals surface area contributed by atoms with Crippen LogP contribution in [0.4, 0.5) is 0 Å². The van der Waals surface area contributed by atoms with Crippen LogP contribution in [0.15, 0.2) is 35.7 Å². The number of methoxy groups -OCH3 is 2. The van der Waals surface area contributed by atoms with E-state index in [-0.39, 0.29) is 11.8 Å². The Hall–Kier alpha value is -2.54. The number of nitrogens with zero attached hydrogens (tertiary/aromatic N) is 2. The Kier molecular flexibility index (Phi) is 6.34. The minimum Gasteiger partial charge on any atom is -0.493 e. The lowest BCUT2D eigenvalue weighted by atomic mass is 10.1. The summed E-state index contributed by atoms with van der Waals surface area (Å²) in [6.07, 6.45) is 1.20. The van der Waals surface area contributed by atoms with Gasteiger partial charge in [-0.3, -0.25) is 9.59 Å². The van der Waals surface area contributed by atoms with E-state index in [0.717, 1.165) is 11.3 Å². The summed E-state index contributed by atoms with van der Waals surface area (Å²) in [5.74, 6) is 1.20. The first-order valence-electron chi connectivity index (χ1n) is 8.94. The molecule has 0 radical (unpaired) electrons. The van der Waals surface area contributed by atoms with Gasteiger partial charge in [-0.15, -0.1) is 11.3 Å². The third-order valence-corrected chi connectivity index (χ3v) is 5.55. The summed E-state index contributed by atoms with van der Waals surface area (Å²) in [7, 11) is 3.12. The number of hydrogen-bond donors (Lipinski definition) is 0. The van der Waals surface area contributed by atoms with Crippen molar-refractivity contribution < 1.29 is 19.1 Å². The molecule has 27 heavy (non-hydrogen) atoms. The quantitative estimate of drug-likeness (QED) is 0.790. The number of hydrogen-bond acceptors (Lipinski definition) is 5. The largest absolute Gasteiger partial charge is 0.493 e. The van der Waals surface area contributed by atoms with Gasteiger partial charge < -0.3 is 19.3 Å². The lowest BCUT2D eigenvalue weighted by molar-refractivity contribution is -0.130. The summed E-state index contributed by atoms with van der Waals surface area (Å²) in [6, 6.07) is 9.12. The van der Waals surface area contributed by atoms with Crippen molar-refractivity contribution in [2.45, 2.75) is 12.8 Å². The van der Waals surface area contributed by atoms with Gasteiger partial charge in [-0.2, -0.15) is 0 Å². The first-order valence-corrected chi connectivity index (χ1v) is 9.82. The topological polar surface area (TPSA) is 59.1 Å². The molecule has 0 bridgehead atoms. The second-order valence-electron chi connectivity index (χ2n) is 6.35. The summed E-state index contributed by atoms with van der Waals surface area (Å²) >= 11 is 1.60. The molecule has 1 saturated heterocycles. The molecular formula is C20H24N2O4S. The van der Waals surface area contributed by atoms with Crippen molar-refractivity contribution in [3.8, 4) is 11.5 Å². The average Bonchev–Trinajstić information content (AvgIpc) is 3.07. The molecule has 1 aromatic heterocycles. The fraction of sp³-hybridized carbons (Fsp3) is 0.400. The van der Waals surface area contributed by atoms with Crippen LogP contribution in [-0.2, 0) is 11.2 Å². The van der Waals surface area contributed by atoms with Crippen LogP contribution in [0.25, 0.3) is 0 Å². The van der Waals surface area contributed by atoms with Crippen molar-refractivity contribution in [1.29, 1.82) is 0 Å². The standard InChI is InChI=1S/C20H24N2O4S/c1-25-17-7-6-15(13-18(17)26-2)20(24)22-9-4-8-21(10-11-22)19(23)14-16-5-3-12-27-16/h3,5-7,12-13H,4,8-11,14H2,1-2H3. The smallest absolute Gasteiger partial charge is 0.254 e. The van der Waals surface area contributed by atoms with Crippen molar-refractivity contribution in [3.63, 3.8) is 0 Å². The van der Waals surface area contributed by atoms with Gasteiger partial charge in [-0.05, 0) is 36.1 Å². The molecule has 1 aliphatic rings. The highest BCUT2D eigenvalue weighted by molar-refractivity contribution is 7.10. The Morgan fingerprint density at radius 3 is 2.44 bits per heavy atom. The molecule has 2 heterocycles. The van der Waals surface area contributed by atoms with Crippen LogP contribution in [0.5, 0.6) is 11.5 Å². The molecule has 2 aromatic rings. The number of benzene rings is 1. The molecule has 144 valence electrons. The maximum absolute atomic E-state index is 12.9. The molecule has 0 atom stereocenters. The number of amides is 2. The average molecular weight is 388 g/mol. The predicted octanol–water partition coefficient (Wildman–Crippen LogP) is 2.68. The van der Waals surface area contributed by atoms with Gasteiger partial charge in [0.2, 0.25) is 5.91 Å². The Bertz CT molecular complexity index is 791. The molecule has 3 rings (SSSR count). The van der Waals surface area contributed by atoms with Crippen LogP contribution in [0.3, 0.4) is 0 Å². The van der Waals surface area contributed by atoms with Crippen molar-refractivity contribution in [2.24, 2.45) is 0 Å². The Balaban J connectivity index is 1.63. The minimum absolute atomic E-state index is 0.0523. The number of carbonyl (C=O) groups is 2. The van der Waals surface area contributed by atoms with Crippen LogP contribution in [0, 0.1) is 0 Å². The van der Waals surface area contributed by atoms with Gasteiger partial charge in [0.15, 0.2) is 11.5 Å². The summed E-state index contributed by atoms with van der Waals surface area (Å²) < 4.78 is 10.5. The zero-order valence-corrected chi connectivity index (χ0v) is 16.5. The predicted molar refractivity (Wildman–Crippen MR) is 105 cm³/mol. The van der Waals surface area contributed by atoms with Crippen molar-refractivity contribution >= 4 is 23.2 Å². The molecule has 1 fully saturated rings. The SMILES string of the molecule is COc1ccc(C(=O)N2CCCN(C(=O)Cc3cccs3)CC2)cc1OC. The maximum atomic E-state index is 12.9. The molecule has 1 aliphatic heterocycles. The maximum Gasteiger partial charge on any atom is 0.254 e. The summed E-state index contributed by atoms with van der Waals surface area (Å²) in [5.41, 5.74) is 0.561. The third-order valence-electron chi connectivity index (χ3n) is 4.67. The Labute approximate surface area is 163 Å². The van der Waals surface area contributed by atoms with E-state index in [4.69, 9.17) is 9.47 Å². The highest BCUT2D eigenvalue weighted by atomic mass is 32.1. The molecule has 0 unspecified atom stereocenters.